The number of rotatable bonds is 7. The SMILES string of the molecule is O=NOCCCCCC(=O)O. The van der Waals surface area contributed by atoms with Crippen LogP contribution in [0, 0.1) is 4.91 Å². The highest BCUT2D eigenvalue weighted by Gasteiger charge is 1.95. The molecular formula is C6H11NO4. The number of carbonyl (C=O) groups is 1. The summed E-state index contributed by atoms with van der Waals surface area (Å²) in [6.07, 6.45) is 2.23. The second-order valence-corrected chi connectivity index (χ2v) is 2.11. The molecule has 5 nitrogen and oxygen atoms in total. The van der Waals surface area contributed by atoms with Crippen molar-refractivity contribution in [2.45, 2.75) is 25.7 Å². The molecule has 0 bridgehead atoms. The third-order valence-corrected chi connectivity index (χ3v) is 1.18. The average Bonchev–Trinajstić information content (AvgIpc) is 1.96. The van der Waals surface area contributed by atoms with Crippen LogP contribution in [0.4, 0.5) is 0 Å². The van der Waals surface area contributed by atoms with Crippen molar-refractivity contribution in [2.24, 2.45) is 5.34 Å². The fraction of sp³-hybridized carbons (Fsp3) is 0.833. The molecule has 0 atom stereocenters. The normalized spacial score (nSPS) is 9.09. The molecule has 0 saturated carbocycles. The first-order chi connectivity index (χ1) is 5.27. The lowest BCUT2D eigenvalue weighted by Crippen LogP contribution is -1.94. The van der Waals surface area contributed by atoms with Crippen molar-refractivity contribution in [2.75, 3.05) is 6.61 Å². The standard InChI is InChI=1S/C6H11NO4/c8-6(9)4-2-1-3-5-11-7-10/h1-5H2,(H,8,9). The van der Waals surface area contributed by atoms with Crippen LogP contribution in [-0.4, -0.2) is 17.7 Å². The Hall–Kier alpha value is -1.13. The third kappa shape index (κ3) is 8.87. The lowest BCUT2D eigenvalue weighted by Gasteiger charge is -1.95. The molecule has 0 aliphatic carbocycles. The van der Waals surface area contributed by atoms with Gasteiger partial charge in [0.05, 0.1) is 0 Å². The molecule has 0 fully saturated rings. The van der Waals surface area contributed by atoms with Crippen LogP contribution >= 0.6 is 0 Å². The highest BCUT2D eigenvalue weighted by Crippen LogP contribution is 1.99. The second-order valence-electron chi connectivity index (χ2n) is 2.11. The second kappa shape index (κ2) is 6.98. The predicted octanol–water partition coefficient (Wildman–Crippen LogP) is 1.33. The summed E-state index contributed by atoms with van der Waals surface area (Å²) in [5.41, 5.74) is 0. The van der Waals surface area contributed by atoms with Gasteiger partial charge in [-0.1, -0.05) is 0 Å². The summed E-state index contributed by atoms with van der Waals surface area (Å²) in [4.78, 5) is 23.5. The number of aliphatic carboxylic acids is 1. The van der Waals surface area contributed by atoms with Crippen molar-refractivity contribution < 1.29 is 14.7 Å². The zero-order valence-corrected chi connectivity index (χ0v) is 6.15. The Bertz CT molecular complexity index is 126. The molecule has 0 aromatic carbocycles. The van der Waals surface area contributed by atoms with Crippen LogP contribution in [0.5, 0.6) is 0 Å². The molecule has 0 spiro atoms. The first kappa shape index (κ1) is 9.87. The van der Waals surface area contributed by atoms with Gasteiger partial charge in [-0.25, -0.2) is 0 Å². The third-order valence-electron chi connectivity index (χ3n) is 1.18. The molecular weight excluding hydrogens is 150 g/mol. The zero-order chi connectivity index (χ0) is 8.53. The summed E-state index contributed by atoms with van der Waals surface area (Å²) in [5.74, 6) is -0.792. The number of carboxylic acids is 1. The van der Waals surface area contributed by atoms with Gasteiger partial charge in [-0.05, 0) is 19.3 Å². The first-order valence-corrected chi connectivity index (χ1v) is 3.44. The molecule has 64 valence electrons. The lowest BCUT2D eigenvalue weighted by atomic mass is 10.2. The van der Waals surface area contributed by atoms with Crippen LogP contribution in [0.2, 0.25) is 0 Å². The largest absolute Gasteiger partial charge is 0.481 e. The van der Waals surface area contributed by atoms with Gasteiger partial charge in [-0.3, -0.25) is 4.79 Å². The van der Waals surface area contributed by atoms with E-state index in [1.165, 1.54) is 0 Å². The average molecular weight is 161 g/mol. The van der Waals surface area contributed by atoms with E-state index in [0.29, 0.717) is 12.8 Å². The van der Waals surface area contributed by atoms with Crippen LogP contribution in [0.25, 0.3) is 0 Å². The van der Waals surface area contributed by atoms with Gasteiger partial charge < -0.3 is 9.94 Å². The lowest BCUT2D eigenvalue weighted by molar-refractivity contribution is -0.137. The van der Waals surface area contributed by atoms with Crippen LogP contribution in [0.3, 0.4) is 0 Å². The summed E-state index contributed by atoms with van der Waals surface area (Å²) in [5, 5.41) is 10.4. The van der Waals surface area contributed by atoms with E-state index < -0.39 is 5.97 Å². The van der Waals surface area contributed by atoms with E-state index in [1.807, 2.05) is 0 Å². The van der Waals surface area contributed by atoms with Crippen LogP contribution < -0.4 is 0 Å². The maximum atomic E-state index is 9.99. The van der Waals surface area contributed by atoms with Crippen molar-refractivity contribution in [3.8, 4) is 0 Å². The van der Waals surface area contributed by atoms with E-state index in [0.717, 1.165) is 6.42 Å². The topological polar surface area (TPSA) is 76.0 Å². The number of nitrogens with zero attached hydrogens (tertiary/aromatic N) is 1. The Morgan fingerprint density at radius 2 is 2.09 bits per heavy atom. The van der Waals surface area contributed by atoms with Crippen LogP contribution in [-0.2, 0) is 9.63 Å². The summed E-state index contributed by atoms with van der Waals surface area (Å²) < 4.78 is 0. The fourth-order valence-electron chi connectivity index (χ4n) is 0.657. The Morgan fingerprint density at radius 3 is 2.64 bits per heavy atom. The Kier molecular flexibility index (Phi) is 6.27. The molecule has 0 radical (unpaired) electrons. The number of hydrogen-bond donors (Lipinski definition) is 1. The molecule has 0 aromatic rings. The number of unbranched alkanes of at least 4 members (excludes halogenated alkanes) is 2. The van der Waals surface area contributed by atoms with Gasteiger partial charge in [0, 0.05) is 6.42 Å². The molecule has 0 aliphatic rings. The van der Waals surface area contributed by atoms with Crippen molar-refractivity contribution in [3.05, 3.63) is 4.91 Å². The number of carboxylic acid groups (broad SMARTS) is 1. The molecule has 0 unspecified atom stereocenters. The van der Waals surface area contributed by atoms with E-state index in [4.69, 9.17) is 5.11 Å². The van der Waals surface area contributed by atoms with Crippen LogP contribution in [0.15, 0.2) is 5.34 Å². The Balaban J connectivity index is 2.90. The van der Waals surface area contributed by atoms with E-state index in [-0.39, 0.29) is 13.0 Å². The molecule has 11 heavy (non-hydrogen) atoms. The highest BCUT2D eigenvalue weighted by molar-refractivity contribution is 5.66. The first-order valence-electron chi connectivity index (χ1n) is 3.44. The molecule has 0 aromatic heterocycles. The summed E-state index contributed by atoms with van der Waals surface area (Å²) >= 11 is 0. The smallest absolute Gasteiger partial charge is 0.303 e. The molecule has 1 N–H and O–H groups in total. The minimum absolute atomic E-state index is 0.175. The summed E-state index contributed by atoms with van der Waals surface area (Å²) in [6, 6.07) is 0. The maximum Gasteiger partial charge on any atom is 0.303 e. The van der Waals surface area contributed by atoms with Gasteiger partial charge in [0.2, 0.25) is 0 Å². The van der Waals surface area contributed by atoms with Crippen molar-refractivity contribution >= 4 is 5.97 Å². The van der Waals surface area contributed by atoms with Crippen LogP contribution in [0.1, 0.15) is 25.7 Å². The molecule has 0 rings (SSSR count). The molecule has 5 heteroatoms. The van der Waals surface area contributed by atoms with E-state index in [1.54, 1.807) is 0 Å². The Labute approximate surface area is 64.3 Å². The quantitative estimate of drug-likeness (QED) is 0.347. The fourth-order valence-corrected chi connectivity index (χ4v) is 0.657. The summed E-state index contributed by atoms with van der Waals surface area (Å²) in [6.45, 7) is 0.281. The van der Waals surface area contributed by atoms with E-state index in [2.05, 4.69) is 10.2 Å². The van der Waals surface area contributed by atoms with Gasteiger partial charge in [0.1, 0.15) is 6.61 Å². The number of hydrogen-bond acceptors (Lipinski definition) is 4. The van der Waals surface area contributed by atoms with E-state index >= 15 is 0 Å². The molecule has 0 heterocycles. The minimum Gasteiger partial charge on any atom is -0.481 e. The van der Waals surface area contributed by atoms with Gasteiger partial charge in [0.25, 0.3) is 0 Å². The van der Waals surface area contributed by atoms with Gasteiger partial charge in [0.15, 0.2) is 5.34 Å². The minimum atomic E-state index is -0.792. The zero-order valence-electron chi connectivity index (χ0n) is 6.15. The molecule has 0 aliphatic heterocycles. The molecule has 0 amide bonds. The summed E-state index contributed by atoms with van der Waals surface area (Å²) in [7, 11) is 0. The van der Waals surface area contributed by atoms with Gasteiger partial charge >= 0.3 is 5.97 Å². The van der Waals surface area contributed by atoms with Gasteiger partial charge in [-0.2, -0.15) is 0 Å². The predicted molar refractivity (Wildman–Crippen MR) is 37.9 cm³/mol. The van der Waals surface area contributed by atoms with Crippen molar-refractivity contribution in [1.82, 2.24) is 0 Å². The van der Waals surface area contributed by atoms with Gasteiger partial charge in [-0.15, -0.1) is 4.91 Å². The Morgan fingerprint density at radius 1 is 1.36 bits per heavy atom. The van der Waals surface area contributed by atoms with Crippen molar-refractivity contribution in [1.29, 1.82) is 0 Å². The monoisotopic (exact) mass is 161 g/mol. The van der Waals surface area contributed by atoms with Crippen molar-refractivity contribution in [3.63, 3.8) is 0 Å². The highest BCUT2D eigenvalue weighted by atomic mass is 16.7. The van der Waals surface area contributed by atoms with E-state index in [9.17, 15) is 9.70 Å². The molecule has 0 saturated heterocycles. The maximum absolute atomic E-state index is 9.99.